The van der Waals surface area contributed by atoms with Gasteiger partial charge < -0.3 is 5.32 Å². The van der Waals surface area contributed by atoms with Crippen molar-refractivity contribution in [1.29, 1.82) is 5.26 Å². The normalized spacial score (nSPS) is 11.0. The van der Waals surface area contributed by atoms with Crippen molar-refractivity contribution in [3.05, 3.63) is 58.1 Å². The molecule has 0 unspecified atom stereocenters. The number of benzene rings is 2. The number of nitrogens with zero attached hydrogens (tertiary/aromatic N) is 1. The first-order valence-corrected chi connectivity index (χ1v) is 6.33. The van der Waals surface area contributed by atoms with Gasteiger partial charge in [-0.1, -0.05) is 17.7 Å². The van der Waals surface area contributed by atoms with Gasteiger partial charge >= 0.3 is 6.18 Å². The molecule has 6 heteroatoms. The number of nitriles is 1. The first-order valence-electron chi connectivity index (χ1n) is 5.96. The maximum atomic E-state index is 12.9. The zero-order chi connectivity index (χ0) is 15.6. The Labute approximate surface area is 124 Å². The third-order valence-corrected chi connectivity index (χ3v) is 3.16. The topological polar surface area (TPSA) is 35.8 Å². The van der Waals surface area contributed by atoms with Crippen LogP contribution in [0.1, 0.15) is 16.7 Å². The largest absolute Gasteiger partial charge is 0.416 e. The number of aryl methyl sites for hydroxylation is 1. The first-order chi connectivity index (χ1) is 9.81. The van der Waals surface area contributed by atoms with Crippen LogP contribution in [-0.2, 0) is 6.18 Å². The van der Waals surface area contributed by atoms with Gasteiger partial charge in [-0.05, 0) is 42.8 Å². The van der Waals surface area contributed by atoms with Gasteiger partial charge in [-0.2, -0.15) is 18.4 Å². The van der Waals surface area contributed by atoms with Crippen molar-refractivity contribution in [2.45, 2.75) is 13.1 Å². The van der Waals surface area contributed by atoms with Crippen molar-refractivity contribution in [2.75, 3.05) is 5.32 Å². The molecule has 0 saturated heterocycles. The minimum atomic E-state index is -4.42. The molecule has 0 aliphatic carbocycles. The van der Waals surface area contributed by atoms with E-state index >= 15 is 0 Å². The lowest BCUT2D eigenvalue weighted by Gasteiger charge is -2.14. The molecule has 0 bridgehead atoms. The Kier molecular flexibility index (Phi) is 4.10. The average Bonchev–Trinajstić information content (AvgIpc) is 2.41. The summed E-state index contributed by atoms with van der Waals surface area (Å²) >= 11 is 5.78. The average molecular weight is 311 g/mol. The quantitative estimate of drug-likeness (QED) is 0.819. The lowest BCUT2D eigenvalue weighted by Crippen LogP contribution is -2.08. The molecule has 0 radical (unpaired) electrons. The Morgan fingerprint density at radius 1 is 1.14 bits per heavy atom. The molecular weight excluding hydrogens is 301 g/mol. The van der Waals surface area contributed by atoms with E-state index in [1.54, 1.807) is 12.1 Å². The molecule has 0 amide bonds. The Bertz CT molecular complexity index is 718. The second-order valence-electron chi connectivity index (χ2n) is 4.45. The Morgan fingerprint density at radius 2 is 1.86 bits per heavy atom. The van der Waals surface area contributed by atoms with Gasteiger partial charge in [-0.3, -0.25) is 0 Å². The highest BCUT2D eigenvalue weighted by Crippen LogP contribution is 2.34. The molecule has 0 aromatic heterocycles. The minimum absolute atomic E-state index is 0.143. The number of rotatable bonds is 2. The molecule has 2 aromatic rings. The molecule has 0 heterocycles. The van der Waals surface area contributed by atoms with E-state index in [4.69, 9.17) is 16.9 Å². The van der Waals surface area contributed by atoms with Crippen LogP contribution in [0.25, 0.3) is 0 Å². The Hall–Kier alpha value is -2.19. The number of anilines is 2. The van der Waals surface area contributed by atoms with Crippen LogP contribution in [0.2, 0.25) is 5.02 Å². The lowest BCUT2D eigenvalue weighted by atomic mass is 10.1. The molecule has 21 heavy (non-hydrogen) atoms. The van der Waals surface area contributed by atoms with Gasteiger partial charge in [0.2, 0.25) is 0 Å². The summed E-state index contributed by atoms with van der Waals surface area (Å²) in [4.78, 5) is 0. The third kappa shape index (κ3) is 3.47. The molecular formula is C15H10ClF3N2. The minimum Gasteiger partial charge on any atom is -0.354 e. The standard InChI is InChI=1S/C15H10ClF3N2/c1-9-2-4-12(7-13(9)15(17,18)19)21-14-5-3-11(16)6-10(14)8-20/h2-7,21H,1H3. The fourth-order valence-electron chi connectivity index (χ4n) is 1.88. The highest BCUT2D eigenvalue weighted by atomic mass is 35.5. The van der Waals surface area contributed by atoms with Gasteiger partial charge in [0.25, 0.3) is 0 Å². The van der Waals surface area contributed by atoms with Crippen molar-refractivity contribution in [1.82, 2.24) is 0 Å². The molecule has 2 rings (SSSR count). The van der Waals surface area contributed by atoms with E-state index in [0.717, 1.165) is 6.07 Å². The summed E-state index contributed by atoms with van der Waals surface area (Å²) in [6.45, 7) is 1.40. The monoisotopic (exact) mass is 310 g/mol. The number of nitrogens with one attached hydrogen (secondary N) is 1. The van der Waals surface area contributed by atoms with E-state index in [1.807, 2.05) is 6.07 Å². The maximum absolute atomic E-state index is 12.9. The van der Waals surface area contributed by atoms with Crippen molar-refractivity contribution in [3.8, 4) is 6.07 Å². The van der Waals surface area contributed by atoms with Gasteiger partial charge in [-0.15, -0.1) is 0 Å². The van der Waals surface area contributed by atoms with Gasteiger partial charge in [0.15, 0.2) is 0 Å². The zero-order valence-corrected chi connectivity index (χ0v) is 11.7. The van der Waals surface area contributed by atoms with E-state index in [1.165, 1.54) is 25.1 Å². The molecule has 0 aliphatic rings. The lowest BCUT2D eigenvalue weighted by molar-refractivity contribution is -0.138. The van der Waals surface area contributed by atoms with Crippen LogP contribution in [0.4, 0.5) is 24.5 Å². The zero-order valence-electron chi connectivity index (χ0n) is 10.9. The van der Waals surface area contributed by atoms with Crippen LogP contribution in [0, 0.1) is 18.3 Å². The van der Waals surface area contributed by atoms with Crippen LogP contribution in [-0.4, -0.2) is 0 Å². The van der Waals surface area contributed by atoms with Gasteiger partial charge in [-0.25, -0.2) is 0 Å². The molecule has 1 N–H and O–H groups in total. The third-order valence-electron chi connectivity index (χ3n) is 2.92. The maximum Gasteiger partial charge on any atom is 0.416 e. The van der Waals surface area contributed by atoms with E-state index in [-0.39, 0.29) is 16.8 Å². The summed E-state index contributed by atoms with van der Waals surface area (Å²) in [7, 11) is 0. The summed E-state index contributed by atoms with van der Waals surface area (Å²) in [6, 6.07) is 10.4. The van der Waals surface area contributed by atoms with Crippen molar-refractivity contribution in [2.24, 2.45) is 0 Å². The van der Waals surface area contributed by atoms with Crippen LogP contribution in [0.3, 0.4) is 0 Å². The second kappa shape index (κ2) is 5.66. The smallest absolute Gasteiger partial charge is 0.354 e. The molecule has 0 saturated carbocycles. The number of alkyl halides is 3. The summed E-state index contributed by atoms with van der Waals surface area (Å²) in [5, 5.41) is 12.2. The molecule has 0 spiro atoms. The fourth-order valence-corrected chi connectivity index (χ4v) is 2.05. The highest BCUT2D eigenvalue weighted by Gasteiger charge is 2.32. The molecule has 0 aliphatic heterocycles. The fraction of sp³-hybridized carbons (Fsp3) is 0.133. The molecule has 2 aromatic carbocycles. The van der Waals surface area contributed by atoms with Crippen molar-refractivity contribution < 1.29 is 13.2 Å². The van der Waals surface area contributed by atoms with E-state index in [9.17, 15) is 13.2 Å². The van der Waals surface area contributed by atoms with Crippen molar-refractivity contribution >= 4 is 23.0 Å². The molecule has 0 atom stereocenters. The van der Waals surface area contributed by atoms with Gasteiger partial charge in [0.1, 0.15) is 6.07 Å². The summed E-state index contributed by atoms with van der Waals surface area (Å²) in [6.07, 6.45) is -4.42. The predicted octanol–water partition coefficient (Wildman–Crippen LogP) is 5.28. The first kappa shape index (κ1) is 15.2. The van der Waals surface area contributed by atoms with E-state index in [2.05, 4.69) is 5.32 Å². The molecule has 108 valence electrons. The summed E-state index contributed by atoms with van der Waals surface area (Å²) < 4.78 is 38.6. The van der Waals surface area contributed by atoms with Crippen LogP contribution in [0.5, 0.6) is 0 Å². The summed E-state index contributed by atoms with van der Waals surface area (Å²) in [5.41, 5.74) is 0.354. The Balaban J connectivity index is 2.40. The Morgan fingerprint density at radius 3 is 2.48 bits per heavy atom. The van der Waals surface area contributed by atoms with Crippen LogP contribution in [0.15, 0.2) is 36.4 Å². The highest BCUT2D eigenvalue weighted by molar-refractivity contribution is 6.30. The number of hydrogen-bond acceptors (Lipinski definition) is 2. The van der Waals surface area contributed by atoms with Gasteiger partial charge in [0, 0.05) is 10.7 Å². The van der Waals surface area contributed by atoms with Crippen LogP contribution < -0.4 is 5.32 Å². The van der Waals surface area contributed by atoms with Gasteiger partial charge in [0.05, 0.1) is 16.8 Å². The van der Waals surface area contributed by atoms with E-state index < -0.39 is 11.7 Å². The predicted molar refractivity (Wildman–Crippen MR) is 75.6 cm³/mol. The summed E-state index contributed by atoms with van der Waals surface area (Å²) in [5.74, 6) is 0. The number of halogens is 4. The SMILES string of the molecule is Cc1ccc(Nc2ccc(Cl)cc2C#N)cc1C(F)(F)F. The molecule has 0 fully saturated rings. The van der Waals surface area contributed by atoms with Crippen molar-refractivity contribution in [3.63, 3.8) is 0 Å². The van der Waals surface area contributed by atoms with E-state index in [0.29, 0.717) is 10.7 Å². The second-order valence-corrected chi connectivity index (χ2v) is 4.89. The number of hydrogen-bond donors (Lipinski definition) is 1. The molecule has 2 nitrogen and oxygen atoms in total. The van der Waals surface area contributed by atoms with Crippen LogP contribution >= 0.6 is 11.6 Å².